The summed E-state index contributed by atoms with van der Waals surface area (Å²) in [6, 6.07) is 4.04. The highest BCUT2D eigenvalue weighted by Crippen LogP contribution is 2.29. The number of piperazine rings is 1. The van der Waals surface area contributed by atoms with Crippen molar-refractivity contribution in [2.45, 2.75) is 6.18 Å². The lowest BCUT2D eigenvalue weighted by Crippen LogP contribution is -2.45. The SMILES string of the molecule is O=CC=CN1CCN(c2nccnc2C(=O)c2ccc(C(F)(F)F)cc2)CC1. The van der Waals surface area contributed by atoms with Gasteiger partial charge in [0.25, 0.3) is 0 Å². The van der Waals surface area contributed by atoms with Crippen molar-refractivity contribution < 1.29 is 22.8 Å². The summed E-state index contributed by atoms with van der Waals surface area (Å²) in [6.07, 6.45) is 2.21. The van der Waals surface area contributed by atoms with E-state index in [0.717, 1.165) is 24.3 Å². The molecule has 6 nitrogen and oxygen atoms in total. The van der Waals surface area contributed by atoms with Gasteiger partial charge >= 0.3 is 6.18 Å². The van der Waals surface area contributed by atoms with Gasteiger partial charge in [0.1, 0.15) is 6.29 Å². The van der Waals surface area contributed by atoms with Gasteiger partial charge in [0.2, 0.25) is 5.78 Å². The minimum absolute atomic E-state index is 0.0964. The van der Waals surface area contributed by atoms with Crippen LogP contribution in [0.25, 0.3) is 0 Å². The second kappa shape index (κ2) is 8.20. The van der Waals surface area contributed by atoms with Gasteiger partial charge in [-0.3, -0.25) is 9.59 Å². The third-order valence-electron chi connectivity index (χ3n) is 4.36. The van der Waals surface area contributed by atoms with E-state index in [1.54, 1.807) is 6.20 Å². The second-order valence-corrected chi connectivity index (χ2v) is 6.13. The zero-order valence-corrected chi connectivity index (χ0v) is 14.8. The number of anilines is 1. The molecule has 3 rings (SSSR count). The number of nitrogens with zero attached hydrogens (tertiary/aromatic N) is 4. The van der Waals surface area contributed by atoms with Crippen LogP contribution in [0.5, 0.6) is 0 Å². The van der Waals surface area contributed by atoms with Crippen molar-refractivity contribution >= 4 is 17.9 Å². The number of benzene rings is 1. The van der Waals surface area contributed by atoms with Crippen molar-refractivity contribution in [2.75, 3.05) is 31.1 Å². The molecule has 146 valence electrons. The topological polar surface area (TPSA) is 66.4 Å². The van der Waals surface area contributed by atoms with Gasteiger partial charge in [0.05, 0.1) is 5.56 Å². The average molecular weight is 390 g/mol. The van der Waals surface area contributed by atoms with Crippen molar-refractivity contribution in [2.24, 2.45) is 0 Å². The Bertz CT molecular complexity index is 873. The van der Waals surface area contributed by atoms with E-state index in [4.69, 9.17) is 0 Å². The summed E-state index contributed by atoms with van der Waals surface area (Å²) < 4.78 is 38.2. The lowest BCUT2D eigenvalue weighted by molar-refractivity contribution is -0.137. The van der Waals surface area contributed by atoms with Crippen molar-refractivity contribution in [3.63, 3.8) is 0 Å². The Balaban J connectivity index is 1.80. The summed E-state index contributed by atoms with van der Waals surface area (Å²) in [6.45, 7) is 2.40. The number of rotatable bonds is 5. The molecule has 2 heterocycles. The molecule has 1 aromatic heterocycles. The van der Waals surface area contributed by atoms with Gasteiger partial charge in [-0.15, -0.1) is 0 Å². The van der Waals surface area contributed by atoms with Crippen molar-refractivity contribution in [1.29, 1.82) is 0 Å². The van der Waals surface area contributed by atoms with Crippen LogP contribution in [0.15, 0.2) is 48.9 Å². The lowest BCUT2D eigenvalue weighted by Gasteiger charge is -2.35. The van der Waals surface area contributed by atoms with Gasteiger partial charge < -0.3 is 9.80 Å². The Labute approximate surface area is 159 Å². The first-order valence-corrected chi connectivity index (χ1v) is 8.54. The Morgan fingerprint density at radius 2 is 1.64 bits per heavy atom. The summed E-state index contributed by atoms with van der Waals surface area (Å²) in [5.74, 6) is -0.0912. The maximum atomic E-state index is 12.8. The highest BCUT2D eigenvalue weighted by atomic mass is 19.4. The Kier molecular flexibility index (Phi) is 5.72. The number of allylic oxidation sites excluding steroid dienone is 1. The molecule has 1 aliphatic rings. The van der Waals surface area contributed by atoms with E-state index >= 15 is 0 Å². The molecule has 28 heavy (non-hydrogen) atoms. The molecule has 1 saturated heterocycles. The van der Waals surface area contributed by atoms with Gasteiger partial charge in [-0.2, -0.15) is 13.2 Å². The molecule has 1 aliphatic heterocycles. The van der Waals surface area contributed by atoms with Crippen LogP contribution in [-0.2, 0) is 11.0 Å². The zero-order valence-electron chi connectivity index (χ0n) is 14.8. The zero-order chi connectivity index (χ0) is 20.1. The number of hydrogen-bond donors (Lipinski definition) is 0. The normalized spacial score (nSPS) is 15.1. The maximum absolute atomic E-state index is 12.8. The number of aromatic nitrogens is 2. The summed E-state index contributed by atoms with van der Waals surface area (Å²) in [4.78, 5) is 35.5. The van der Waals surface area contributed by atoms with Crippen LogP contribution in [0.1, 0.15) is 21.6 Å². The number of carbonyl (C=O) groups excluding carboxylic acids is 2. The molecule has 1 fully saturated rings. The van der Waals surface area contributed by atoms with Crippen molar-refractivity contribution in [3.05, 3.63) is 65.8 Å². The van der Waals surface area contributed by atoms with E-state index in [9.17, 15) is 22.8 Å². The van der Waals surface area contributed by atoms with Gasteiger partial charge in [-0.1, -0.05) is 12.1 Å². The van der Waals surface area contributed by atoms with E-state index < -0.39 is 17.5 Å². The lowest BCUT2D eigenvalue weighted by atomic mass is 10.0. The molecule has 0 atom stereocenters. The molecule has 9 heteroatoms. The number of carbonyl (C=O) groups is 2. The minimum atomic E-state index is -4.46. The van der Waals surface area contributed by atoms with Crippen LogP contribution < -0.4 is 4.90 Å². The van der Waals surface area contributed by atoms with Crippen molar-refractivity contribution in [3.8, 4) is 0 Å². The molecular formula is C19H17F3N4O2. The van der Waals surface area contributed by atoms with Crippen molar-refractivity contribution in [1.82, 2.24) is 14.9 Å². The van der Waals surface area contributed by atoms with Gasteiger partial charge in [-0.25, -0.2) is 9.97 Å². The fourth-order valence-corrected chi connectivity index (χ4v) is 2.91. The molecule has 0 unspecified atom stereocenters. The Morgan fingerprint density at radius 1 is 1.00 bits per heavy atom. The predicted octanol–water partition coefficient (Wildman–Crippen LogP) is 2.56. The molecule has 0 N–H and O–H groups in total. The van der Waals surface area contributed by atoms with Gasteiger partial charge in [0.15, 0.2) is 11.5 Å². The summed E-state index contributed by atoms with van der Waals surface area (Å²) in [7, 11) is 0. The molecular weight excluding hydrogens is 373 g/mol. The number of halogens is 3. The predicted molar refractivity (Wildman–Crippen MR) is 95.9 cm³/mol. The Morgan fingerprint density at radius 3 is 2.25 bits per heavy atom. The fraction of sp³-hybridized carbons (Fsp3) is 0.263. The number of hydrogen-bond acceptors (Lipinski definition) is 6. The van der Waals surface area contributed by atoms with E-state index in [-0.39, 0.29) is 11.3 Å². The first kappa shape index (κ1) is 19.5. The third kappa shape index (κ3) is 4.36. The molecule has 0 saturated carbocycles. The van der Waals surface area contributed by atoms with Crippen LogP contribution in [0, 0.1) is 0 Å². The number of aldehydes is 1. The smallest absolute Gasteiger partial charge is 0.374 e. The van der Waals surface area contributed by atoms with Crippen LogP contribution in [0.3, 0.4) is 0 Å². The van der Waals surface area contributed by atoms with E-state index in [1.165, 1.54) is 18.5 Å². The van der Waals surface area contributed by atoms with Gasteiger partial charge in [-0.05, 0) is 18.2 Å². The molecule has 0 spiro atoms. The average Bonchev–Trinajstić information content (AvgIpc) is 2.71. The highest BCUT2D eigenvalue weighted by Gasteiger charge is 2.30. The fourth-order valence-electron chi connectivity index (χ4n) is 2.91. The monoisotopic (exact) mass is 390 g/mol. The second-order valence-electron chi connectivity index (χ2n) is 6.13. The molecule has 2 aromatic rings. The van der Waals surface area contributed by atoms with Crippen LogP contribution in [-0.4, -0.2) is 53.1 Å². The van der Waals surface area contributed by atoms with E-state index in [0.29, 0.717) is 38.3 Å². The molecule has 0 aliphatic carbocycles. The largest absolute Gasteiger partial charge is 0.416 e. The standard InChI is InChI=1S/C19H17F3N4O2/c20-19(21,22)15-4-2-14(3-5-15)17(28)16-18(24-7-6-23-16)26-11-9-25(10-12-26)8-1-13-27/h1-8,13H,9-12H2. The summed E-state index contributed by atoms with van der Waals surface area (Å²) >= 11 is 0. The number of alkyl halides is 3. The number of ketones is 1. The van der Waals surface area contributed by atoms with Crippen LogP contribution >= 0.6 is 0 Å². The first-order valence-electron chi connectivity index (χ1n) is 8.54. The molecule has 0 bridgehead atoms. The molecule has 1 aromatic carbocycles. The van der Waals surface area contributed by atoms with E-state index in [2.05, 4.69) is 9.97 Å². The van der Waals surface area contributed by atoms with E-state index in [1.807, 2.05) is 9.80 Å². The molecule has 0 radical (unpaired) electrons. The Hall–Kier alpha value is -3.23. The van der Waals surface area contributed by atoms with Gasteiger partial charge in [0, 0.05) is 50.3 Å². The summed E-state index contributed by atoms with van der Waals surface area (Å²) in [5, 5.41) is 0. The first-order chi connectivity index (χ1) is 13.4. The van der Waals surface area contributed by atoms with Crippen LogP contribution in [0.4, 0.5) is 19.0 Å². The molecule has 0 amide bonds. The maximum Gasteiger partial charge on any atom is 0.416 e. The van der Waals surface area contributed by atoms with Crippen LogP contribution in [0.2, 0.25) is 0 Å². The third-order valence-corrected chi connectivity index (χ3v) is 4.36. The quantitative estimate of drug-likeness (QED) is 0.444. The highest BCUT2D eigenvalue weighted by molar-refractivity contribution is 6.10. The summed E-state index contributed by atoms with van der Waals surface area (Å²) in [5.41, 5.74) is -0.607. The minimum Gasteiger partial charge on any atom is -0.374 e.